The molecule has 0 atom stereocenters. The van der Waals surface area contributed by atoms with Gasteiger partial charge in [0.1, 0.15) is 0 Å². The summed E-state index contributed by atoms with van der Waals surface area (Å²) in [6.07, 6.45) is 3.14. The van der Waals surface area contributed by atoms with Crippen molar-refractivity contribution in [2.45, 2.75) is 51.9 Å². The Morgan fingerprint density at radius 2 is 1.69 bits per heavy atom. The van der Waals surface area contributed by atoms with Crippen LogP contribution in [-0.2, 0) is 21.4 Å². The molecular formula is C20H34IN3O2. The van der Waals surface area contributed by atoms with Crippen LogP contribution in [0.4, 0.5) is 0 Å². The molecular weight excluding hydrogens is 441 g/mol. The van der Waals surface area contributed by atoms with Crippen LogP contribution in [0.15, 0.2) is 29.3 Å². The Morgan fingerprint density at radius 3 is 2.23 bits per heavy atom. The number of nitrogens with zero attached hydrogens (tertiary/aromatic N) is 1. The molecule has 0 bridgehead atoms. The van der Waals surface area contributed by atoms with Crippen LogP contribution in [0, 0.1) is 0 Å². The lowest BCUT2D eigenvalue weighted by molar-refractivity contribution is -0.140. The monoisotopic (exact) mass is 475 g/mol. The van der Waals surface area contributed by atoms with E-state index in [2.05, 4.69) is 65.4 Å². The molecule has 1 aromatic rings. The third kappa shape index (κ3) is 9.99. The molecule has 0 aliphatic heterocycles. The number of unbranched alkanes of at least 4 members (excludes halogenated alkanes) is 1. The van der Waals surface area contributed by atoms with Gasteiger partial charge in [-0.15, -0.1) is 24.0 Å². The molecule has 0 fully saturated rings. The predicted octanol–water partition coefficient (Wildman–Crippen LogP) is 3.65. The second-order valence-corrected chi connectivity index (χ2v) is 7.16. The molecule has 0 aromatic heterocycles. The molecule has 2 N–H and O–H groups in total. The Kier molecular flexibility index (Phi) is 12.3. The number of rotatable bonds is 8. The number of carbonyl (C=O) groups excluding carboxylic acids is 1. The molecule has 0 aliphatic rings. The lowest BCUT2D eigenvalue weighted by Gasteiger charge is -2.19. The average molecular weight is 475 g/mol. The summed E-state index contributed by atoms with van der Waals surface area (Å²) in [6, 6.07) is 8.82. The van der Waals surface area contributed by atoms with Crippen LogP contribution in [-0.4, -0.2) is 39.2 Å². The second kappa shape index (κ2) is 12.9. The zero-order valence-electron chi connectivity index (χ0n) is 16.7. The molecule has 0 heterocycles. The fraction of sp³-hybridized carbons (Fsp3) is 0.600. The summed E-state index contributed by atoms with van der Waals surface area (Å²) in [7, 11) is 3.19. The molecule has 0 spiro atoms. The molecule has 0 radical (unpaired) electrons. The number of nitrogens with one attached hydrogen (secondary N) is 2. The molecule has 5 nitrogen and oxygen atoms in total. The molecule has 0 aliphatic carbocycles. The van der Waals surface area contributed by atoms with Gasteiger partial charge in [-0.3, -0.25) is 9.79 Å². The Labute approximate surface area is 175 Å². The lowest BCUT2D eigenvalue weighted by atomic mass is 9.86. The van der Waals surface area contributed by atoms with Crippen molar-refractivity contribution in [3.8, 4) is 0 Å². The van der Waals surface area contributed by atoms with Crippen LogP contribution >= 0.6 is 24.0 Å². The van der Waals surface area contributed by atoms with Crippen molar-refractivity contribution < 1.29 is 9.53 Å². The zero-order chi connectivity index (χ0) is 18.7. The molecule has 26 heavy (non-hydrogen) atoms. The normalized spacial score (nSPS) is 11.5. The molecule has 0 unspecified atom stereocenters. The van der Waals surface area contributed by atoms with E-state index >= 15 is 0 Å². The standard InChI is InChI=1S/C20H33N3O2.HI/c1-20(2,3)17-11-9-16(10-12-17)13-15-23-19(21-4)22-14-7-6-8-18(24)25-5;/h9-12H,6-8,13-15H2,1-5H3,(H2,21,22,23);1H. The van der Waals surface area contributed by atoms with E-state index in [4.69, 9.17) is 0 Å². The first-order valence-corrected chi connectivity index (χ1v) is 8.97. The molecule has 0 amide bonds. The van der Waals surface area contributed by atoms with Crippen molar-refractivity contribution >= 4 is 35.9 Å². The molecule has 1 rings (SSSR count). The Morgan fingerprint density at radius 1 is 1.08 bits per heavy atom. The number of aliphatic imine (C=N–C) groups is 1. The van der Waals surface area contributed by atoms with Crippen LogP contribution in [0.3, 0.4) is 0 Å². The number of carbonyl (C=O) groups is 1. The Bertz CT molecular complexity index is 551. The van der Waals surface area contributed by atoms with Crippen molar-refractivity contribution in [2.24, 2.45) is 4.99 Å². The lowest BCUT2D eigenvalue weighted by Crippen LogP contribution is -2.38. The quantitative estimate of drug-likeness (QED) is 0.198. The van der Waals surface area contributed by atoms with E-state index in [1.54, 1.807) is 7.05 Å². The zero-order valence-corrected chi connectivity index (χ0v) is 19.1. The fourth-order valence-corrected chi connectivity index (χ4v) is 2.42. The highest BCUT2D eigenvalue weighted by Crippen LogP contribution is 2.22. The Hall–Kier alpha value is -1.31. The van der Waals surface area contributed by atoms with Gasteiger partial charge < -0.3 is 15.4 Å². The van der Waals surface area contributed by atoms with Gasteiger partial charge in [0.15, 0.2) is 5.96 Å². The SMILES string of the molecule is CN=C(NCCCCC(=O)OC)NCCc1ccc(C(C)(C)C)cc1.I. The van der Waals surface area contributed by atoms with E-state index < -0.39 is 0 Å². The average Bonchev–Trinajstić information content (AvgIpc) is 2.59. The molecule has 6 heteroatoms. The Balaban J connectivity index is 0.00000625. The fourth-order valence-electron chi connectivity index (χ4n) is 2.42. The van der Waals surface area contributed by atoms with Crippen LogP contribution in [0.25, 0.3) is 0 Å². The minimum absolute atomic E-state index is 0. The van der Waals surface area contributed by atoms with Gasteiger partial charge in [0.05, 0.1) is 7.11 Å². The summed E-state index contributed by atoms with van der Waals surface area (Å²) in [5.74, 6) is 0.643. The minimum Gasteiger partial charge on any atom is -0.469 e. The number of methoxy groups -OCH3 is 1. The predicted molar refractivity (Wildman–Crippen MR) is 119 cm³/mol. The maximum atomic E-state index is 11.0. The number of benzene rings is 1. The van der Waals surface area contributed by atoms with Crippen LogP contribution < -0.4 is 10.6 Å². The number of esters is 1. The highest BCUT2D eigenvalue weighted by Gasteiger charge is 2.12. The van der Waals surface area contributed by atoms with Crippen molar-refractivity contribution in [3.05, 3.63) is 35.4 Å². The number of hydrogen-bond acceptors (Lipinski definition) is 3. The third-order valence-corrected chi connectivity index (χ3v) is 4.08. The van der Waals surface area contributed by atoms with Crippen molar-refractivity contribution in [2.75, 3.05) is 27.2 Å². The van der Waals surface area contributed by atoms with Gasteiger partial charge >= 0.3 is 5.97 Å². The number of halogens is 1. The van der Waals surface area contributed by atoms with E-state index in [9.17, 15) is 4.79 Å². The molecule has 0 saturated carbocycles. The first kappa shape index (κ1) is 24.7. The second-order valence-electron chi connectivity index (χ2n) is 7.16. The summed E-state index contributed by atoms with van der Waals surface area (Å²) < 4.78 is 4.62. The topological polar surface area (TPSA) is 62.7 Å². The van der Waals surface area contributed by atoms with Crippen LogP contribution in [0.1, 0.15) is 51.2 Å². The number of guanidine groups is 1. The highest BCUT2D eigenvalue weighted by atomic mass is 127. The van der Waals surface area contributed by atoms with E-state index in [1.165, 1.54) is 18.2 Å². The molecule has 148 valence electrons. The van der Waals surface area contributed by atoms with Gasteiger partial charge in [-0.2, -0.15) is 0 Å². The summed E-state index contributed by atoms with van der Waals surface area (Å²) in [5.41, 5.74) is 2.86. The highest BCUT2D eigenvalue weighted by molar-refractivity contribution is 14.0. The summed E-state index contributed by atoms with van der Waals surface area (Å²) in [6.45, 7) is 8.30. The summed E-state index contributed by atoms with van der Waals surface area (Å²) >= 11 is 0. The van der Waals surface area contributed by atoms with Crippen molar-refractivity contribution in [3.63, 3.8) is 0 Å². The van der Waals surface area contributed by atoms with Gasteiger partial charge in [0.25, 0.3) is 0 Å². The summed E-state index contributed by atoms with van der Waals surface area (Å²) in [5, 5.41) is 6.58. The maximum Gasteiger partial charge on any atom is 0.305 e. The molecule has 1 aromatic carbocycles. The van der Waals surface area contributed by atoms with Gasteiger partial charge in [0, 0.05) is 26.6 Å². The minimum atomic E-state index is -0.153. The van der Waals surface area contributed by atoms with E-state index in [0.717, 1.165) is 38.3 Å². The van der Waals surface area contributed by atoms with Gasteiger partial charge in [-0.25, -0.2) is 0 Å². The van der Waals surface area contributed by atoms with Crippen molar-refractivity contribution in [1.29, 1.82) is 0 Å². The third-order valence-electron chi connectivity index (χ3n) is 4.08. The first-order chi connectivity index (χ1) is 11.9. The van der Waals surface area contributed by atoms with Gasteiger partial charge in [0.2, 0.25) is 0 Å². The van der Waals surface area contributed by atoms with Crippen molar-refractivity contribution in [1.82, 2.24) is 10.6 Å². The van der Waals surface area contributed by atoms with E-state index in [0.29, 0.717) is 6.42 Å². The number of ether oxygens (including phenoxy) is 1. The maximum absolute atomic E-state index is 11.0. The van der Waals surface area contributed by atoms with Gasteiger partial charge in [-0.1, -0.05) is 45.0 Å². The van der Waals surface area contributed by atoms with Crippen LogP contribution in [0.2, 0.25) is 0 Å². The first-order valence-electron chi connectivity index (χ1n) is 8.97. The van der Waals surface area contributed by atoms with Crippen LogP contribution in [0.5, 0.6) is 0 Å². The largest absolute Gasteiger partial charge is 0.469 e. The van der Waals surface area contributed by atoms with E-state index in [-0.39, 0.29) is 35.4 Å². The van der Waals surface area contributed by atoms with Gasteiger partial charge in [-0.05, 0) is 35.8 Å². The smallest absolute Gasteiger partial charge is 0.305 e. The summed E-state index contributed by atoms with van der Waals surface area (Å²) in [4.78, 5) is 15.3. The van der Waals surface area contributed by atoms with E-state index in [1.807, 2.05) is 0 Å². The molecule has 0 saturated heterocycles. The number of hydrogen-bond donors (Lipinski definition) is 2.